The molecule has 102 valence electrons. The van der Waals surface area contributed by atoms with Gasteiger partial charge in [0, 0.05) is 12.4 Å². The smallest absolute Gasteiger partial charge is 0.0301 e. The molecule has 0 atom stereocenters. The minimum atomic E-state index is 0.685. The molecule has 0 spiro atoms. The monoisotopic (exact) mass is 248 g/mol. The highest BCUT2D eigenvalue weighted by Gasteiger charge is 2.17. The first kappa shape index (κ1) is 13.8. The van der Waals surface area contributed by atoms with Gasteiger partial charge in [-0.1, -0.05) is 39.5 Å². The zero-order chi connectivity index (χ0) is 12.8. The van der Waals surface area contributed by atoms with Crippen molar-refractivity contribution in [2.24, 2.45) is 33.9 Å². The SMILES string of the molecule is CC1CCC(/C=N/N=C/C2CCC(C)CC2)CC1. The Balaban J connectivity index is 1.67. The molecule has 0 unspecified atom stereocenters. The Labute approximate surface area is 112 Å². The Morgan fingerprint density at radius 3 is 1.28 bits per heavy atom. The van der Waals surface area contributed by atoms with Gasteiger partial charge in [0.2, 0.25) is 0 Å². The van der Waals surface area contributed by atoms with Crippen LogP contribution in [0.4, 0.5) is 0 Å². The van der Waals surface area contributed by atoms with Crippen molar-refractivity contribution in [1.82, 2.24) is 0 Å². The Bertz CT molecular complexity index is 249. The lowest BCUT2D eigenvalue weighted by Gasteiger charge is -2.23. The fourth-order valence-corrected chi connectivity index (χ4v) is 3.14. The Morgan fingerprint density at radius 1 is 0.611 bits per heavy atom. The lowest BCUT2D eigenvalue weighted by atomic mass is 9.84. The summed E-state index contributed by atoms with van der Waals surface area (Å²) < 4.78 is 0. The summed E-state index contributed by atoms with van der Waals surface area (Å²) in [6, 6.07) is 0. The van der Waals surface area contributed by atoms with Crippen molar-refractivity contribution in [3.05, 3.63) is 0 Å². The molecule has 2 fully saturated rings. The van der Waals surface area contributed by atoms with E-state index in [2.05, 4.69) is 36.5 Å². The average molecular weight is 248 g/mol. The van der Waals surface area contributed by atoms with Crippen LogP contribution in [0.15, 0.2) is 10.2 Å². The Hall–Kier alpha value is -0.660. The van der Waals surface area contributed by atoms with Crippen LogP contribution < -0.4 is 0 Å². The first-order valence-corrected chi connectivity index (χ1v) is 7.80. The maximum atomic E-state index is 4.28. The van der Waals surface area contributed by atoms with E-state index in [1.807, 2.05) is 0 Å². The Kier molecular flexibility index (Phi) is 5.40. The molecule has 0 amide bonds. The van der Waals surface area contributed by atoms with Gasteiger partial charge in [-0.15, -0.1) is 0 Å². The third-order valence-electron chi connectivity index (χ3n) is 4.74. The van der Waals surface area contributed by atoms with Crippen LogP contribution in [0.25, 0.3) is 0 Å². The quantitative estimate of drug-likeness (QED) is 0.511. The molecule has 0 saturated heterocycles. The fraction of sp³-hybridized carbons (Fsp3) is 0.875. The van der Waals surface area contributed by atoms with Crippen molar-refractivity contribution >= 4 is 12.4 Å². The van der Waals surface area contributed by atoms with Gasteiger partial charge in [-0.3, -0.25) is 0 Å². The molecule has 2 heteroatoms. The van der Waals surface area contributed by atoms with Crippen molar-refractivity contribution in [1.29, 1.82) is 0 Å². The van der Waals surface area contributed by atoms with E-state index in [-0.39, 0.29) is 0 Å². The van der Waals surface area contributed by atoms with Crippen molar-refractivity contribution in [3.8, 4) is 0 Å². The van der Waals surface area contributed by atoms with E-state index in [4.69, 9.17) is 0 Å². The molecule has 0 N–H and O–H groups in total. The van der Waals surface area contributed by atoms with E-state index in [9.17, 15) is 0 Å². The molecule has 2 saturated carbocycles. The first-order valence-electron chi connectivity index (χ1n) is 7.80. The first-order chi connectivity index (χ1) is 8.74. The Morgan fingerprint density at radius 2 is 0.944 bits per heavy atom. The van der Waals surface area contributed by atoms with Gasteiger partial charge in [0.05, 0.1) is 0 Å². The second kappa shape index (κ2) is 7.06. The van der Waals surface area contributed by atoms with Crippen molar-refractivity contribution in [2.75, 3.05) is 0 Å². The molecule has 2 rings (SSSR count). The molecule has 2 aliphatic rings. The van der Waals surface area contributed by atoms with Gasteiger partial charge < -0.3 is 0 Å². The van der Waals surface area contributed by atoms with E-state index in [0.29, 0.717) is 11.8 Å². The van der Waals surface area contributed by atoms with Crippen LogP contribution in [-0.4, -0.2) is 12.4 Å². The highest BCUT2D eigenvalue weighted by atomic mass is 15.2. The lowest BCUT2D eigenvalue weighted by molar-refractivity contribution is 0.346. The molecule has 0 aromatic rings. The molecule has 2 aliphatic carbocycles. The normalized spacial score (nSPS) is 38.6. The van der Waals surface area contributed by atoms with Crippen molar-refractivity contribution in [2.45, 2.75) is 65.2 Å². The summed E-state index contributed by atoms with van der Waals surface area (Å²) in [5.74, 6) is 3.21. The number of rotatable bonds is 3. The molecule has 0 aliphatic heterocycles. The van der Waals surface area contributed by atoms with Gasteiger partial charge in [0.15, 0.2) is 0 Å². The van der Waals surface area contributed by atoms with Crippen LogP contribution in [0.5, 0.6) is 0 Å². The topological polar surface area (TPSA) is 24.7 Å². The van der Waals surface area contributed by atoms with Gasteiger partial charge in [-0.2, -0.15) is 10.2 Å². The van der Waals surface area contributed by atoms with Crippen molar-refractivity contribution in [3.63, 3.8) is 0 Å². The second-order valence-corrected chi connectivity index (χ2v) is 6.57. The van der Waals surface area contributed by atoms with E-state index in [0.717, 1.165) is 11.8 Å². The zero-order valence-corrected chi connectivity index (χ0v) is 12.0. The van der Waals surface area contributed by atoms with Crippen LogP contribution >= 0.6 is 0 Å². The van der Waals surface area contributed by atoms with Gasteiger partial charge in [0.25, 0.3) is 0 Å². The summed E-state index contributed by atoms with van der Waals surface area (Å²) in [7, 11) is 0. The summed E-state index contributed by atoms with van der Waals surface area (Å²) in [6.45, 7) is 4.71. The fourth-order valence-electron chi connectivity index (χ4n) is 3.14. The lowest BCUT2D eigenvalue weighted by Crippen LogP contribution is -2.13. The molecular formula is C16H28N2. The molecule has 0 heterocycles. The highest BCUT2D eigenvalue weighted by Crippen LogP contribution is 2.28. The van der Waals surface area contributed by atoms with Crippen molar-refractivity contribution < 1.29 is 0 Å². The summed E-state index contributed by atoms with van der Waals surface area (Å²) in [5.41, 5.74) is 0. The van der Waals surface area contributed by atoms with Crippen LogP contribution in [0.2, 0.25) is 0 Å². The minimum Gasteiger partial charge on any atom is -0.164 e. The average Bonchev–Trinajstić information content (AvgIpc) is 2.39. The molecule has 0 radical (unpaired) electrons. The minimum absolute atomic E-state index is 0.685. The number of hydrogen-bond donors (Lipinski definition) is 0. The second-order valence-electron chi connectivity index (χ2n) is 6.57. The zero-order valence-electron chi connectivity index (χ0n) is 12.0. The third-order valence-corrected chi connectivity index (χ3v) is 4.74. The predicted octanol–water partition coefficient (Wildman–Crippen LogP) is 4.70. The highest BCUT2D eigenvalue weighted by molar-refractivity contribution is 5.64. The largest absolute Gasteiger partial charge is 0.164 e. The standard InChI is InChI=1S/C16H28N2/c1-13-3-7-15(8-4-13)11-17-18-12-16-9-5-14(2)6-10-16/h11-16H,3-10H2,1-2H3/b17-11+,18-12+. The van der Waals surface area contributed by atoms with Gasteiger partial charge >= 0.3 is 0 Å². The van der Waals surface area contributed by atoms with Gasteiger partial charge in [0.1, 0.15) is 0 Å². The number of nitrogens with zero attached hydrogens (tertiary/aromatic N) is 2. The summed E-state index contributed by atoms with van der Waals surface area (Å²) in [4.78, 5) is 0. The van der Waals surface area contributed by atoms with Crippen LogP contribution in [0, 0.1) is 23.7 Å². The van der Waals surface area contributed by atoms with Gasteiger partial charge in [-0.25, -0.2) is 0 Å². The van der Waals surface area contributed by atoms with Crippen LogP contribution in [-0.2, 0) is 0 Å². The molecule has 2 nitrogen and oxygen atoms in total. The van der Waals surface area contributed by atoms with E-state index in [1.165, 1.54) is 51.4 Å². The van der Waals surface area contributed by atoms with E-state index < -0.39 is 0 Å². The molecule has 0 bridgehead atoms. The molecule has 0 aromatic heterocycles. The molecular weight excluding hydrogens is 220 g/mol. The maximum absolute atomic E-state index is 4.28. The summed E-state index contributed by atoms with van der Waals surface area (Å²) >= 11 is 0. The summed E-state index contributed by atoms with van der Waals surface area (Å²) in [6.07, 6.45) is 14.9. The molecule has 18 heavy (non-hydrogen) atoms. The van der Waals surface area contributed by atoms with E-state index >= 15 is 0 Å². The van der Waals surface area contributed by atoms with Crippen LogP contribution in [0.1, 0.15) is 65.2 Å². The van der Waals surface area contributed by atoms with Crippen LogP contribution in [0.3, 0.4) is 0 Å². The third kappa shape index (κ3) is 4.55. The summed E-state index contributed by atoms with van der Waals surface area (Å²) in [5, 5.41) is 8.56. The number of hydrogen-bond acceptors (Lipinski definition) is 2. The predicted molar refractivity (Wildman–Crippen MR) is 79.2 cm³/mol. The van der Waals surface area contributed by atoms with Gasteiger partial charge in [-0.05, 0) is 49.4 Å². The van der Waals surface area contributed by atoms with E-state index in [1.54, 1.807) is 0 Å². The maximum Gasteiger partial charge on any atom is 0.0301 e. The molecule has 0 aromatic carbocycles.